The highest BCUT2D eigenvalue weighted by Crippen LogP contribution is 2.31. The molecule has 0 fully saturated rings. The maximum absolute atomic E-state index is 10.9. The van der Waals surface area contributed by atoms with Crippen LogP contribution >= 0.6 is 0 Å². The molecule has 0 aliphatic heterocycles. The van der Waals surface area contributed by atoms with Crippen LogP contribution < -0.4 is 5.32 Å². The Hall–Kier alpha value is -3.60. The minimum Gasteiger partial charge on any atom is -0.772 e. The van der Waals surface area contributed by atoms with Crippen molar-refractivity contribution in [3.63, 3.8) is 0 Å². The van der Waals surface area contributed by atoms with Crippen molar-refractivity contribution in [2.24, 2.45) is 0 Å². The van der Waals surface area contributed by atoms with Crippen molar-refractivity contribution in [1.29, 1.82) is 5.26 Å². The summed E-state index contributed by atoms with van der Waals surface area (Å²) >= 11 is -2.11. The van der Waals surface area contributed by atoms with Gasteiger partial charge in [0, 0.05) is 17.2 Å². The molecule has 0 amide bonds. The van der Waals surface area contributed by atoms with E-state index >= 15 is 0 Å². The third-order valence-electron chi connectivity index (χ3n) is 5.10. The molecule has 0 spiro atoms. The highest BCUT2D eigenvalue weighted by molar-refractivity contribution is 7.78. The average molecular weight is 428 g/mol. The topological polar surface area (TPSA) is 102 Å². The fourth-order valence-electron chi connectivity index (χ4n) is 3.48. The predicted octanol–water partition coefficient (Wildman–Crippen LogP) is 4.72. The summed E-state index contributed by atoms with van der Waals surface area (Å²) in [4.78, 5) is 0. The molecule has 1 N–H and O–H groups in total. The van der Waals surface area contributed by atoms with Crippen LogP contribution in [-0.2, 0) is 16.8 Å². The SMILES string of the molecule is C[C@@H](Nc1c(C#N)nnc2cc(-c3ccc(CS(=O)[O-])cc3)ccc12)c1ccccc1. The lowest BCUT2D eigenvalue weighted by atomic mass is 10.0. The van der Waals surface area contributed by atoms with Gasteiger partial charge in [-0.2, -0.15) is 5.26 Å². The molecule has 1 heterocycles. The molecule has 4 aromatic rings. The van der Waals surface area contributed by atoms with Gasteiger partial charge >= 0.3 is 0 Å². The molecule has 3 aromatic carbocycles. The zero-order valence-corrected chi connectivity index (χ0v) is 17.6. The fourth-order valence-corrected chi connectivity index (χ4v) is 3.95. The largest absolute Gasteiger partial charge is 0.772 e. The first-order valence-corrected chi connectivity index (χ1v) is 11.0. The number of benzene rings is 3. The van der Waals surface area contributed by atoms with Crippen LogP contribution in [0.2, 0.25) is 0 Å². The van der Waals surface area contributed by atoms with Crippen LogP contribution in [0.15, 0.2) is 72.8 Å². The Morgan fingerprint density at radius 3 is 2.42 bits per heavy atom. The van der Waals surface area contributed by atoms with E-state index in [1.165, 1.54) is 0 Å². The number of fused-ring (bicyclic) bond motifs is 1. The van der Waals surface area contributed by atoms with E-state index in [0.717, 1.165) is 27.6 Å². The van der Waals surface area contributed by atoms with Crippen LogP contribution in [0, 0.1) is 11.3 Å². The fraction of sp³-hybridized carbons (Fsp3) is 0.125. The zero-order valence-electron chi connectivity index (χ0n) is 16.8. The van der Waals surface area contributed by atoms with E-state index < -0.39 is 11.1 Å². The summed E-state index contributed by atoms with van der Waals surface area (Å²) in [5.74, 6) is -0.00492. The lowest BCUT2D eigenvalue weighted by molar-refractivity contribution is 0.536. The molecule has 1 aromatic heterocycles. The summed E-state index contributed by atoms with van der Waals surface area (Å²) in [5.41, 5.74) is 5.29. The predicted molar refractivity (Wildman–Crippen MR) is 121 cm³/mol. The third kappa shape index (κ3) is 4.61. The van der Waals surface area contributed by atoms with Gasteiger partial charge in [-0.25, -0.2) is 0 Å². The van der Waals surface area contributed by atoms with Gasteiger partial charge in [0.15, 0.2) is 5.69 Å². The van der Waals surface area contributed by atoms with Crippen LogP contribution in [0.1, 0.15) is 29.8 Å². The lowest BCUT2D eigenvalue weighted by Gasteiger charge is -2.18. The minimum absolute atomic E-state index is 0.00492. The molecular weight excluding hydrogens is 408 g/mol. The first-order chi connectivity index (χ1) is 15.0. The second-order valence-electron chi connectivity index (χ2n) is 7.19. The van der Waals surface area contributed by atoms with Crippen molar-refractivity contribution in [3.8, 4) is 17.2 Å². The summed E-state index contributed by atoms with van der Waals surface area (Å²) in [7, 11) is 0. The lowest BCUT2D eigenvalue weighted by Crippen LogP contribution is -2.09. The van der Waals surface area contributed by atoms with Gasteiger partial charge in [0.2, 0.25) is 0 Å². The second kappa shape index (κ2) is 9.04. The molecular formula is C24H19N4O2S-. The van der Waals surface area contributed by atoms with Crippen molar-refractivity contribution in [1.82, 2.24) is 10.2 Å². The molecule has 0 saturated carbocycles. The summed E-state index contributed by atoms with van der Waals surface area (Å²) < 4.78 is 21.8. The molecule has 0 aliphatic rings. The Morgan fingerprint density at radius 2 is 1.74 bits per heavy atom. The van der Waals surface area contributed by atoms with E-state index in [0.29, 0.717) is 11.2 Å². The maximum Gasteiger partial charge on any atom is 0.186 e. The average Bonchev–Trinajstić information content (AvgIpc) is 2.79. The highest BCUT2D eigenvalue weighted by Gasteiger charge is 2.15. The van der Waals surface area contributed by atoms with Gasteiger partial charge in [0.1, 0.15) is 6.07 Å². The highest BCUT2D eigenvalue weighted by atomic mass is 32.2. The van der Waals surface area contributed by atoms with Crippen molar-refractivity contribution in [2.75, 3.05) is 5.32 Å². The summed E-state index contributed by atoms with van der Waals surface area (Å²) in [6, 6.07) is 25.3. The maximum atomic E-state index is 10.9. The summed E-state index contributed by atoms with van der Waals surface area (Å²) in [5, 5.41) is 22.1. The minimum atomic E-state index is -2.11. The van der Waals surface area contributed by atoms with E-state index in [9.17, 15) is 14.0 Å². The van der Waals surface area contributed by atoms with Crippen LogP contribution in [0.25, 0.3) is 22.0 Å². The number of nitriles is 1. The standard InChI is InChI=1S/C24H20N4O2S/c1-16(18-5-3-2-4-6-18)26-24-21-12-11-20(13-22(21)27-28-23(24)14-25)19-9-7-17(8-10-19)15-31(29)30/h2-13,16H,15H2,1H3,(H,26,27)(H,29,30)/p-1/t16-/m1/s1. The van der Waals surface area contributed by atoms with E-state index in [1.54, 1.807) is 12.1 Å². The molecule has 4 rings (SSSR count). The van der Waals surface area contributed by atoms with Gasteiger partial charge < -0.3 is 9.87 Å². The number of anilines is 1. The number of rotatable bonds is 6. The van der Waals surface area contributed by atoms with Crippen LogP contribution in [0.3, 0.4) is 0 Å². The quantitative estimate of drug-likeness (QED) is 0.447. The molecule has 7 heteroatoms. The molecule has 0 bridgehead atoms. The molecule has 6 nitrogen and oxygen atoms in total. The van der Waals surface area contributed by atoms with Crippen LogP contribution in [0.4, 0.5) is 5.69 Å². The first kappa shape index (κ1) is 20.7. The molecule has 31 heavy (non-hydrogen) atoms. The Bertz CT molecular complexity index is 1280. The Morgan fingerprint density at radius 1 is 1.03 bits per heavy atom. The molecule has 154 valence electrons. The van der Waals surface area contributed by atoms with Crippen molar-refractivity contribution >= 4 is 27.7 Å². The summed E-state index contributed by atoms with van der Waals surface area (Å²) in [6.07, 6.45) is 0. The van der Waals surface area contributed by atoms with E-state index in [1.807, 2.05) is 67.6 Å². The number of hydrogen-bond acceptors (Lipinski definition) is 6. The smallest absolute Gasteiger partial charge is 0.186 e. The van der Waals surface area contributed by atoms with E-state index in [2.05, 4.69) is 21.6 Å². The molecule has 0 saturated heterocycles. The van der Waals surface area contributed by atoms with Gasteiger partial charge in [0.05, 0.1) is 11.2 Å². The molecule has 0 radical (unpaired) electrons. The van der Waals surface area contributed by atoms with Gasteiger partial charge in [-0.15, -0.1) is 10.2 Å². The van der Waals surface area contributed by atoms with Crippen molar-refractivity contribution < 1.29 is 8.76 Å². The van der Waals surface area contributed by atoms with E-state index in [-0.39, 0.29) is 17.5 Å². The Kier molecular flexibility index (Phi) is 6.03. The molecule has 0 aliphatic carbocycles. The Balaban J connectivity index is 1.69. The number of hydrogen-bond donors (Lipinski definition) is 1. The normalized spacial score (nSPS) is 12.8. The summed E-state index contributed by atoms with van der Waals surface area (Å²) in [6.45, 7) is 2.04. The molecule has 1 unspecified atom stereocenters. The third-order valence-corrected chi connectivity index (χ3v) is 5.67. The number of aromatic nitrogens is 2. The zero-order chi connectivity index (χ0) is 21.8. The number of nitrogens with zero attached hydrogens (tertiary/aromatic N) is 3. The Labute approximate surface area is 182 Å². The van der Waals surface area contributed by atoms with Gasteiger partial charge in [-0.3, -0.25) is 4.21 Å². The van der Waals surface area contributed by atoms with Gasteiger partial charge in [-0.1, -0.05) is 71.7 Å². The van der Waals surface area contributed by atoms with Gasteiger partial charge in [-0.05, 0) is 41.3 Å². The molecule has 2 atom stereocenters. The van der Waals surface area contributed by atoms with Gasteiger partial charge in [0.25, 0.3) is 0 Å². The van der Waals surface area contributed by atoms with Crippen molar-refractivity contribution in [2.45, 2.75) is 18.7 Å². The second-order valence-corrected chi connectivity index (χ2v) is 8.09. The number of nitrogens with one attached hydrogen (secondary N) is 1. The van der Waals surface area contributed by atoms with Crippen LogP contribution in [-0.4, -0.2) is 19.0 Å². The van der Waals surface area contributed by atoms with E-state index in [4.69, 9.17) is 0 Å². The van der Waals surface area contributed by atoms with Crippen LogP contribution in [0.5, 0.6) is 0 Å². The monoisotopic (exact) mass is 427 g/mol. The van der Waals surface area contributed by atoms with Crippen molar-refractivity contribution in [3.05, 3.63) is 89.6 Å². The first-order valence-electron chi connectivity index (χ1n) is 9.72.